The summed E-state index contributed by atoms with van der Waals surface area (Å²) in [6, 6.07) is 9.22. The van der Waals surface area contributed by atoms with Gasteiger partial charge in [-0.25, -0.2) is 4.98 Å². The van der Waals surface area contributed by atoms with Crippen LogP contribution in [0.3, 0.4) is 0 Å². The molecule has 0 aliphatic carbocycles. The number of fused-ring (bicyclic) bond motifs is 1. The van der Waals surface area contributed by atoms with E-state index in [1.165, 1.54) is 6.26 Å². The number of rotatable bonds is 10. The Morgan fingerprint density at radius 2 is 1.82 bits per heavy atom. The predicted octanol–water partition coefficient (Wildman–Crippen LogP) is 2.41. The van der Waals surface area contributed by atoms with Gasteiger partial charge in [-0.1, -0.05) is 11.6 Å². The van der Waals surface area contributed by atoms with Gasteiger partial charge < -0.3 is 23.7 Å². The van der Waals surface area contributed by atoms with Gasteiger partial charge >= 0.3 is 0 Å². The molecule has 0 radical (unpaired) electrons. The molecule has 1 aromatic carbocycles. The molecule has 0 atom stereocenters. The molecule has 1 aliphatic heterocycles. The smallest absolute Gasteiger partial charge is 0.227 e. The minimum absolute atomic E-state index is 0.109. The lowest BCUT2D eigenvalue weighted by Gasteiger charge is -2.35. The Hall–Kier alpha value is -2.61. The molecule has 1 aliphatic rings. The van der Waals surface area contributed by atoms with E-state index in [1.807, 2.05) is 30.5 Å². The van der Waals surface area contributed by atoms with Crippen LogP contribution in [0.2, 0.25) is 5.02 Å². The lowest BCUT2D eigenvalue weighted by Crippen LogP contribution is -2.91. The van der Waals surface area contributed by atoms with Gasteiger partial charge in [-0.05, 0) is 31.4 Å². The number of ether oxygens (including phenoxy) is 2. The third-order valence-corrected chi connectivity index (χ3v) is 6.40. The molecule has 3 heterocycles. The summed E-state index contributed by atoms with van der Waals surface area (Å²) in [6.45, 7) is 6.23. The van der Waals surface area contributed by atoms with Crippen molar-refractivity contribution in [3.8, 4) is 11.5 Å². The monoisotopic (exact) mass is 474 g/mol. The summed E-state index contributed by atoms with van der Waals surface area (Å²) in [5.74, 6) is 1.85. The number of H-pyrrole nitrogens is 1. The molecule has 33 heavy (non-hydrogen) atoms. The van der Waals surface area contributed by atoms with Gasteiger partial charge in [-0.3, -0.25) is 4.79 Å². The zero-order valence-electron chi connectivity index (χ0n) is 19.1. The van der Waals surface area contributed by atoms with Crippen LogP contribution in [0, 0.1) is 0 Å². The zero-order chi connectivity index (χ0) is 23.1. The number of nitrogens with one attached hydrogen (secondary N) is 1. The van der Waals surface area contributed by atoms with E-state index in [9.17, 15) is 4.79 Å². The molecule has 1 saturated heterocycles. The second kappa shape index (κ2) is 11.0. The van der Waals surface area contributed by atoms with Crippen LogP contribution in [0.4, 0.5) is 0 Å². The van der Waals surface area contributed by atoms with E-state index < -0.39 is 0 Å². The fraction of sp³-hybridized carbons (Fsp3) is 0.440. The third-order valence-electron chi connectivity index (χ3n) is 6.16. The number of quaternary nitrogens is 2. The minimum Gasteiger partial charge on any atom is -0.492 e. The van der Waals surface area contributed by atoms with Crippen LogP contribution in [-0.2, 0) is 6.54 Å². The molecule has 8 heteroatoms. The zero-order valence-corrected chi connectivity index (χ0v) is 19.9. The van der Waals surface area contributed by atoms with Gasteiger partial charge in [0.05, 0.1) is 25.6 Å². The number of unbranched alkanes of at least 4 members (excludes halogenated alkanes) is 2. The summed E-state index contributed by atoms with van der Waals surface area (Å²) in [5, 5.41) is 4.03. The minimum atomic E-state index is -0.109. The molecule has 3 N–H and O–H groups in total. The molecule has 0 amide bonds. The molecular weight excluding hydrogens is 442 g/mol. The van der Waals surface area contributed by atoms with Crippen LogP contribution in [0.15, 0.2) is 52.0 Å². The Morgan fingerprint density at radius 3 is 2.58 bits per heavy atom. The number of pyridine rings is 1. The fourth-order valence-corrected chi connectivity index (χ4v) is 4.41. The van der Waals surface area contributed by atoms with Crippen LogP contribution in [0.25, 0.3) is 10.9 Å². The number of nitrogens with two attached hydrogens (primary N) is 1. The molecule has 0 spiro atoms. The SMILES string of the molecule is C[N+]1(Cc2cc(=O)c(OCCCCCOc3cc[nH+]c4cc(Cl)ccc34)co2)CC[NH2+]CC1. The van der Waals surface area contributed by atoms with Crippen molar-refractivity contribution in [2.75, 3.05) is 46.4 Å². The first-order chi connectivity index (χ1) is 16.0. The van der Waals surface area contributed by atoms with Crippen LogP contribution in [0.5, 0.6) is 11.5 Å². The molecule has 7 nitrogen and oxygen atoms in total. The number of aromatic amines is 1. The number of hydrogen-bond donors (Lipinski definition) is 1. The average molecular weight is 475 g/mol. The maximum absolute atomic E-state index is 12.4. The maximum atomic E-state index is 12.4. The first-order valence-corrected chi connectivity index (χ1v) is 12.0. The Balaban J connectivity index is 1.17. The molecule has 0 saturated carbocycles. The van der Waals surface area contributed by atoms with Crippen LogP contribution in [-0.4, -0.2) is 50.9 Å². The van der Waals surface area contributed by atoms with Crippen molar-refractivity contribution in [1.82, 2.24) is 0 Å². The van der Waals surface area contributed by atoms with Crippen LogP contribution in [0.1, 0.15) is 25.0 Å². The second-order valence-corrected chi connectivity index (χ2v) is 9.39. The van der Waals surface area contributed by atoms with Crippen molar-refractivity contribution < 1.29 is 28.7 Å². The number of piperazine rings is 1. The molecule has 4 rings (SSSR count). The van der Waals surface area contributed by atoms with Gasteiger partial charge in [0.1, 0.15) is 44.7 Å². The molecule has 176 valence electrons. The summed E-state index contributed by atoms with van der Waals surface area (Å²) in [7, 11) is 2.22. The largest absolute Gasteiger partial charge is 0.492 e. The molecule has 3 aromatic rings. The van der Waals surface area contributed by atoms with Gasteiger partial charge in [0.2, 0.25) is 16.7 Å². The number of halogens is 1. The summed E-state index contributed by atoms with van der Waals surface area (Å²) in [6.07, 6.45) is 6.00. The summed E-state index contributed by atoms with van der Waals surface area (Å²) >= 11 is 6.05. The van der Waals surface area contributed by atoms with E-state index in [2.05, 4.69) is 17.3 Å². The van der Waals surface area contributed by atoms with Gasteiger partial charge in [0, 0.05) is 23.2 Å². The van der Waals surface area contributed by atoms with Gasteiger partial charge in [-0.15, -0.1) is 0 Å². The highest BCUT2D eigenvalue weighted by molar-refractivity contribution is 6.31. The highest BCUT2D eigenvalue weighted by Gasteiger charge is 2.28. The number of nitrogens with zero attached hydrogens (tertiary/aromatic N) is 1. The number of hydrogen-bond acceptors (Lipinski definition) is 4. The lowest BCUT2D eigenvalue weighted by atomic mass is 10.2. The van der Waals surface area contributed by atoms with Gasteiger partial charge in [0.15, 0.2) is 12.0 Å². The Bertz CT molecular complexity index is 1130. The van der Waals surface area contributed by atoms with E-state index >= 15 is 0 Å². The van der Waals surface area contributed by atoms with Crippen molar-refractivity contribution in [2.24, 2.45) is 0 Å². The molecule has 0 bridgehead atoms. The highest BCUT2D eigenvalue weighted by atomic mass is 35.5. The number of benzene rings is 1. The molecule has 2 aromatic heterocycles. The standard InChI is InChI=1S/C25H31ClN3O4/c1-29(11-9-27-10-12-29)17-20-16-23(30)25(18-33-20)32-14-4-2-3-13-31-24-7-8-28-22-15-19(26)5-6-21(22)24/h5-8,15-16,18,27H,2-4,9-14,17H2,1H3/q+1/p+2. The molecular formula is C25H33ClN3O4+3. The van der Waals surface area contributed by atoms with E-state index in [0.717, 1.165) is 78.9 Å². The van der Waals surface area contributed by atoms with Crippen LogP contribution < -0.4 is 25.2 Å². The fourth-order valence-electron chi connectivity index (χ4n) is 4.24. The average Bonchev–Trinajstić information content (AvgIpc) is 2.79. The van der Waals surface area contributed by atoms with E-state index in [-0.39, 0.29) is 11.2 Å². The topological polar surface area (TPSA) is 79.4 Å². The summed E-state index contributed by atoms with van der Waals surface area (Å²) < 4.78 is 18.2. The second-order valence-electron chi connectivity index (χ2n) is 8.96. The van der Waals surface area contributed by atoms with Gasteiger partial charge in [0.25, 0.3) is 0 Å². The first kappa shape index (κ1) is 23.5. The summed E-state index contributed by atoms with van der Waals surface area (Å²) in [4.78, 5) is 15.6. The van der Waals surface area contributed by atoms with Crippen molar-refractivity contribution in [3.05, 3.63) is 63.8 Å². The Kier molecular flexibility index (Phi) is 7.85. The lowest BCUT2D eigenvalue weighted by molar-refractivity contribution is -0.964. The van der Waals surface area contributed by atoms with E-state index in [4.69, 9.17) is 25.5 Å². The Labute approximate surface area is 198 Å². The molecule has 1 fully saturated rings. The third kappa shape index (κ3) is 6.47. The summed E-state index contributed by atoms with van der Waals surface area (Å²) in [5.41, 5.74) is 0.839. The first-order valence-electron chi connectivity index (χ1n) is 11.6. The van der Waals surface area contributed by atoms with Crippen LogP contribution >= 0.6 is 11.6 Å². The van der Waals surface area contributed by atoms with E-state index in [0.29, 0.717) is 18.2 Å². The number of aromatic nitrogens is 1. The normalized spacial score (nSPS) is 15.5. The van der Waals surface area contributed by atoms with Crippen molar-refractivity contribution >= 4 is 22.5 Å². The van der Waals surface area contributed by atoms with E-state index in [1.54, 1.807) is 6.07 Å². The predicted molar refractivity (Wildman–Crippen MR) is 127 cm³/mol. The van der Waals surface area contributed by atoms with Crippen molar-refractivity contribution in [3.63, 3.8) is 0 Å². The van der Waals surface area contributed by atoms with Crippen molar-refractivity contribution in [1.29, 1.82) is 0 Å². The maximum Gasteiger partial charge on any atom is 0.227 e. The quantitative estimate of drug-likeness (QED) is 0.361. The number of likely N-dealkylation sites (N-methyl/N-ethyl adjacent to an activating group) is 1. The van der Waals surface area contributed by atoms with Crippen molar-refractivity contribution in [2.45, 2.75) is 25.8 Å². The Morgan fingerprint density at radius 1 is 1.06 bits per heavy atom. The highest BCUT2D eigenvalue weighted by Crippen LogP contribution is 2.24. The molecule has 0 unspecified atom stereocenters. The van der Waals surface area contributed by atoms with Gasteiger partial charge in [-0.2, -0.15) is 0 Å².